The fourth-order valence-electron chi connectivity index (χ4n) is 1.35. The van der Waals surface area contributed by atoms with Crippen molar-refractivity contribution in [2.24, 2.45) is 0 Å². The summed E-state index contributed by atoms with van der Waals surface area (Å²) in [5.74, 6) is 0.428. The van der Waals surface area contributed by atoms with Crippen LogP contribution in [-0.4, -0.2) is 10.0 Å². The maximum Gasteiger partial charge on any atom is 0.315 e. The molecule has 0 spiro atoms. The lowest BCUT2D eigenvalue weighted by Crippen LogP contribution is -1.93. The topological polar surface area (TPSA) is 72.6 Å². The van der Waals surface area contributed by atoms with Crippen LogP contribution in [-0.2, 0) is 0 Å². The SMILES string of the molecule is O=[N+]([O-])c1cc(O)ccc1Oc1ccccc1. The summed E-state index contributed by atoms with van der Waals surface area (Å²) >= 11 is 0. The van der Waals surface area contributed by atoms with Gasteiger partial charge in [0.2, 0.25) is 5.75 Å². The Morgan fingerprint density at radius 1 is 1.12 bits per heavy atom. The van der Waals surface area contributed by atoms with Gasteiger partial charge in [0.1, 0.15) is 11.5 Å². The molecule has 2 aromatic carbocycles. The molecule has 0 fully saturated rings. The first-order valence-corrected chi connectivity index (χ1v) is 4.87. The number of phenols is 1. The highest BCUT2D eigenvalue weighted by Gasteiger charge is 2.16. The predicted molar refractivity (Wildman–Crippen MR) is 61.3 cm³/mol. The Balaban J connectivity index is 2.36. The molecular formula is C12H9NO4. The summed E-state index contributed by atoms with van der Waals surface area (Å²) in [6.07, 6.45) is 0. The molecule has 2 aromatic rings. The zero-order chi connectivity index (χ0) is 12.3. The minimum absolute atomic E-state index is 0.0963. The number of aromatic hydroxyl groups is 1. The normalized spacial score (nSPS) is 9.88. The van der Waals surface area contributed by atoms with Crippen LogP contribution in [0.1, 0.15) is 0 Å². The Bertz CT molecular complexity index is 539. The number of para-hydroxylation sites is 1. The van der Waals surface area contributed by atoms with Crippen LogP contribution in [0.15, 0.2) is 48.5 Å². The number of rotatable bonds is 3. The average molecular weight is 231 g/mol. The van der Waals surface area contributed by atoms with Crippen molar-refractivity contribution in [2.75, 3.05) is 0 Å². The van der Waals surface area contributed by atoms with Crippen LogP contribution in [0.5, 0.6) is 17.2 Å². The van der Waals surface area contributed by atoms with E-state index in [-0.39, 0.29) is 17.2 Å². The van der Waals surface area contributed by atoms with Gasteiger partial charge in [0.15, 0.2) is 0 Å². The van der Waals surface area contributed by atoms with Gasteiger partial charge in [0, 0.05) is 0 Å². The predicted octanol–water partition coefficient (Wildman–Crippen LogP) is 3.09. The fraction of sp³-hybridized carbons (Fsp3) is 0. The molecule has 0 saturated carbocycles. The van der Waals surface area contributed by atoms with Crippen LogP contribution in [0.3, 0.4) is 0 Å². The maximum absolute atomic E-state index is 10.8. The summed E-state index contributed by atoms with van der Waals surface area (Å²) < 4.78 is 5.37. The molecule has 0 radical (unpaired) electrons. The van der Waals surface area contributed by atoms with Crippen molar-refractivity contribution < 1.29 is 14.8 Å². The van der Waals surface area contributed by atoms with Crippen molar-refractivity contribution in [3.05, 3.63) is 58.6 Å². The van der Waals surface area contributed by atoms with Crippen molar-refractivity contribution in [1.29, 1.82) is 0 Å². The minimum atomic E-state index is -0.599. The largest absolute Gasteiger partial charge is 0.508 e. The standard InChI is InChI=1S/C12H9NO4/c14-9-6-7-12(11(8-9)13(15)16)17-10-4-2-1-3-5-10/h1-8,14H. The van der Waals surface area contributed by atoms with E-state index >= 15 is 0 Å². The molecule has 0 aliphatic rings. The van der Waals surface area contributed by atoms with Crippen LogP contribution in [0.4, 0.5) is 5.69 Å². The maximum atomic E-state index is 10.8. The minimum Gasteiger partial charge on any atom is -0.508 e. The summed E-state index contributed by atoms with van der Waals surface area (Å²) in [6, 6.07) is 12.5. The number of benzene rings is 2. The third kappa shape index (κ3) is 2.52. The first kappa shape index (κ1) is 10.9. The van der Waals surface area contributed by atoms with Gasteiger partial charge in [-0.1, -0.05) is 18.2 Å². The number of hydrogen-bond acceptors (Lipinski definition) is 4. The third-order valence-electron chi connectivity index (χ3n) is 2.11. The zero-order valence-corrected chi connectivity index (χ0v) is 8.74. The Morgan fingerprint density at radius 2 is 1.82 bits per heavy atom. The second-order valence-corrected chi connectivity index (χ2v) is 3.32. The molecule has 2 rings (SSSR count). The molecule has 0 aliphatic heterocycles. The highest BCUT2D eigenvalue weighted by Crippen LogP contribution is 2.33. The first-order valence-electron chi connectivity index (χ1n) is 4.87. The van der Waals surface area contributed by atoms with Gasteiger partial charge in [-0.3, -0.25) is 10.1 Å². The Kier molecular flexibility index (Phi) is 2.91. The molecule has 5 heteroatoms. The van der Waals surface area contributed by atoms with Gasteiger partial charge >= 0.3 is 5.69 Å². The molecular weight excluding hydrogens is 222 g/mol. The van der Waals surface area contributed by atoms with Crippen LogP contribution >= 0.6 is 0 Å². The van der Waals surface area contributed by atoms with E-state index in [2.05, 4.69) is 0 Å². The van der Waals surface area contributed by atoms with Gasteiger partial charge in [-0.25, -0.2) is 0 Å². The van der Waals surface area contributed by atoms with Crippen LogP contribution in [0.2, 0.25) is 0 Å². The van der Waals surface area contributed by atoms with Crippen LogP contribution in [0.25, 0.3) is 0 Å². The van der Waals surface area contributed by atoms with E-state index in [9.17, 15) is 15.2 Å². The average Bonchev–Trinajstić information content (AvgIpc) is 2.32. The number of ether oxygens (including phenoxy) is 1. The fourth-order valence-corrected chi connectivity index (χ4v) is 1.35. The van der Waals surface area contributed by atoms with Gasteiger partial charge in [0.05, 0.1) is 11.0 Å². The summed E-state index contributed by atoms with van der Waals surface area (Å²) in [5.41, 5.74) is -0.270. The van der Waals surface area contributed by atoms with Gasteiger partial charge in [0.25, 0.3) is 0 Å². The Morgan fingerprint density at radius 3 is 2.47 bits per heavy atom. The molecule has 5 nitrogen and oxygen atoms in total. The third-order valence-corrected chi connectivity index (χ3v) is 2.11. The van der Waals surface area contributed by atoms with Crippen LogP contribution in [0, 0.1) is 10.1 Å². The number of nitrogens with zero attached hydrogens (tertiary/aromatic N) is 1. The van der Waals surface area contributed by atoms with Gasteiger partial charge in [-0.15, -0.1) is 0 Å². The van der Waals surface area contributed by atoms with E-state index in [0.717, 1.165) is 6.07 Å². The van der Waals surface area contributed by atoms with Crippen molar-refractivity contribution in [1.82, 2.24) is 0 Å². The lowest BCUT2D eigenvalue weighted by Gasteiger charge is -2.05. The molecule has 1 N–H and O–H groups in total. The molecule has 0 amide bonds. The van der Waals surface area contributed by atoms with Crippen molar-refractivity contribution >= 4 is 5.69 Å². The van der Waals surface area contributed by atoms with E-state index in [1.807, 2.05) is 6.07 Å². The highest BCUT2D eigenvalue weighted by atomic mass is 16.6. The molecule has 0 atom stereocenters. The summed E-state index contributed by atoms with van der Waals surface area (Å²) in [5, 5.41) is 20.0. The highest BCUT2D eigenvalue weighted by molar-refractivity contribution is 5.52. The second kappa shape index (κ2) is 4.52. The second-order valence-electron chi connectivity index (χ2n) is 3.32. The number of nitro benzene ring substituents is 1. The van der Waals surface area contributed by atoms with E-state index in [0.29, 0.717) is 5.75 Å². The van der Waals surface area contributed by atoms with Crippen LogP contribution < -0.4 is 4.74 Å². The van der Waals surface area contributed by atoms with Crippen molar-refractivity contribution in [3.8, 4) is 17.2 Å². The summed E-state index contributed by atoms with van der Waals surface area (Å²) in [7, 11) is 0. The summed E-state index contributed by atoms with van der Waals surface area (Å²) in [6.45, 7) is 0. The molecule has 17 heavy (non-hydrogen) atoms. The zero-order valence-electron chi connectivity index (χ0n) is 8.74. The molecule has 0 heterocycles. The van der Waals surface area contributed by atoms with Gasteiger partial charge in [-0.2, -0.15) is 0 Å². The molecule has 0 aromatic heterocycles. The smallest absolute Gasteiger partial charge is 0.315 e. The molecule has 0 bridgehead atoms. The number of hydrogen-bond donors (Lipinski definition) is 1. The Labute approximate surface area is 97.0 Å². The Hall–Kier alpha value is -2.56. The van der Waals surface area contributed by atoms with Gasteiger partial charge < -0.3 is 9.84 Å². The summed E-state index contributed by atoms with van der Waals surface area (Å²) in [4.78, 5) is 10.2. The number of phenolic OH excluding ortho intramolecular Hbond substituents is 1. The lowest BCUT2D eigenvalue weighted by atomic mass is 10.2. The molecule has 0 saturated heterocycles. The molecule has 0 aliphatic carbocycles. The van der Waals surface area contributed by atoms with E-state index in [1.54, 1.807) is 24.3 Å². The van der Waals surface area contributed by atoms with Crippen molar-refractivity contribution in [3.63, 3.8) is 0 Å². The lowest BCUT2D eigenvalue weighted by molar-refractivity contribution is -0.385. The van der Waals surface area contributed by atoms with E-state index in [4.69, 9.17) is 4.74 Å². The molecule has 0 unspecified atom stereocenters. The monoisotopic (exact) mass is 231 g/mol. The van der Waals surface area contributed by atoms with Crippen molar-refractivity contribution in [2.45, 2.75) is 0 Å². The molecule has 86 valence electrons. The van der Waals surface area contributed by atoms with Gasteiger partial charge in [-0.05, 0) is 24.3 Å². The van der Waals surface area contributed by atoms with E-state index in [1.165, 1.54) is 12.1 Å². The number of nitro groups is 1. The van der Waals surface area contributed by atoms with E-state index < -0.39 is 4.92 Å². The quantitative estimate of drug-likeness (QED) is 0.650. The first-order chi connectivity index (χ1) is 8.16.